The predicted molar refractivity (Wildman–Crippen MR) is 76.4 cm³/mol. The van der Waals surface area contributed by atoms with E-state index in [1.807, 2.05) is 12.1 Å². The van der Waals surface area contributed by atoms with Crippen LogP contribution in [0.15, 0.2) is 22.7 Å². The molecule has 17 heavy (non-hydrogen) atoms. The fourth-order valence-corrected chi connectivity index (χ4v) is 2.07. The van der Waals surface area contributed by atoms with Gasteiger partial charge in [0, 0.05) is 6.04 Å². The van der Waals surface area contributed by atoms with E-state index in [-0.39, 0.29) is 6.04 Å². The fourth-order valence-electron chi connectivity index (χ4n) is 1.55. The average Bonchev–Trinajstić information content (AvgIpc) is 2.27. The van der Waals surface area contributed by atoms with Gasteiger partial charge in [-0.05, 0) is 46.3 Å². The predicted octanol–water partition coefficient (Wildman–Crippen LogP) is 3.76. The molecule has 96 valence electrons. The fraction of sp³-hybridized carbons (Fsp3) is 0.571. The summed E-state index contributed by atoms with van der Waals surface area (Å²) < 4.78 is 6.89. The first kappa shape index (κ1) is 14.5. The highest BCUT2D eigenvalue weighted by Gasteiger charge is 2.11. The molecule has 0 bridgehead atoms. The van der Waals surface area contributed by atoms with Crippen LogP contribution in [0.4, 0.5) is 0 Å². The van der Waals surface area contributed by atoms with Gasteiger partial charge < -0.3 is 10.5 Å². The van der Waals surface area contributed by atoms with Gasteiger partial charge in [0.2, 0.25) is 0 Å². The van der Waals surface area contributed by atoms with E-state index in [0.29, 0.717) is 5.92 Å². The third-order valence-corrected chi connectivity index (χ3v) is 3.24. The summed E-state index contributed by atoms with van der Waals surface area (Å²) in [4.78, 5) is 0. The average molecular weight is 300 g/mol. The van der Waals surface area contributed by atoms with Crippen molar-refractivity contribution in [2.75, 3.05) is 6.61 Å². The summed E-state index contributed by atoms with van der Waals surface area (Å²) in [5.74, 6) is 1.47. The van der Waals surface area contributed by atoms with Gasteiger partial charge >= 0.3 is 0 Å². The Labute approximate surface area is 113 Å². The molecule has 2 N–H and O–H groups in total. The van der Waals surface area contributed by atoms with Crippen LogP contribution < -0.4 is 10.5 Å². The van der Waals surface area contributed by atoms with E-state index < -0.39 is 0 Å². The Morgan fingerprint density at radius 1 is 1.35 bits per heavy atom. The number of ether oxygens (including phenoxy) is 1. The molecule has 1 rings (SSSR count). The summed E-state index contributed by atoms with van der Waals surface area (Å²) in [6.07, 6.45) is 1.85. The van der Waals surface area contributed by atoms with Crippen molar-refractivity contribution in [2.45, 2.75) is 39.7 Å². The Kier molecular flexibility index (Phi) is 6.00. The van der Waals surface area contributed by atoms with Crippen LogP contribution in [-0.4, -0.2) is 12.6 Å². The third-order valence-electron chi connectivity index (χ3n) is 2.62. The summed E-state index contributed by atoms with van der Waals surface area (Å²) in [7, 11) is 0. The molecule has 0 amide bonds. The molecule has 0 aliphatic rings. The topological polar surface area (TPSA) is 35.2 Å². The van der Waals surface area contributed by atoms with Crippen molar-refractivity contribution in [3.05, 3.63) is 28.2 Å². The number of benzene rings is 1. The molecule has 1 aromatic rings. The number of hydrogen-bond donors (Lipinski definition) is 1. The van der Waals surface area contributed by atoms with Gasteiger partial charge in [-0.2, -0.15) is 0 Å². The molecule has 1 atom stereocenters. The minimum Gasteiger partial charge on any atom is -0.492 e. The van der Waals surface area contributed by atoms with Gasteiger partial charge in [-0.3, -0.25) is 0 Å². The van der Waals surface area contributed by atoms with Crippen molar-refractivity contribution < 1.29 is 4.74 Å². The first-order valence-corrected chi connectivity index (χ1v) is 6.99. The van der Waals surface area contributed by atoms with Crippen molar-refractivity contribution >= 4 is 15.9 Å². The molecule has 0 aromatic heterocycles. The minimum absolute atomic E-state index is 0.200. The van der Waals surface area contributed by atoms with E-state index in [0.717, 1.165) is 29.7 Å². The van der Waals surface area contributed by atoms with E-state index in [9.17, 15) is 0 Å². The lowest BCUT2D eigenvalue weighted by atomic mass is 10.0. The van der Waals surface area contributed by atoms with E-state index in [1.54, 1.807) is 0 Å². The molecule has 3 heteroatoms. The van der Waals surface area contributed by atoms with Crippen molar-refractivity contribution in [3.8, 4) is 5.75 Å². The molecular formula is C14H22BrNO. The first-order chi connectivity index (χ1) is 8.04. The zero-order valence-electron chi connectivity index (χ0n) is 10.9. The lowest BCUT2D eigenvalue weighted by Gasteiger charge is -2.16. The van der Waals surface area contributed by atoms with E-state index in [4.69, 9.17) is 10.5 Å². The molecule has 2 nitrogen and oxygen atoms in total. The molecule has 1 aromatic carbocycles. The summed E-state index contributed by atoms with van der Waals surface area (Å²) in [6.45, 7) is 7.14. The van der Waals surface area contributed by atoms with Gasteiger partial charge in [0.1, 0.15) is 5.75 Å². The first-order valence-electron chi connectivity index (χ1n) is 6.20. The van der Waals surface area contributed by atoms with Crippen molar-refractivity contribution in [1.82, 2.24) is 0 Å². The van der Waals surface area contributed by atoms with Gasteiger partial charge in [0.15, 0.2) is 0 Å². The maximum atomic E-state index is 6.01. The number of para-hydroxylation sites is 1. The highest BCUT2D eigenvalue weighted by Crippen LogP contribution is 2.30. The highest BCUT2D eigenvalue weighted by molar-refractivity contribution is 9.10. The zero-order chi connectivity index (χ0) is 12.8. The van der Waals surface area contributed by atoms with Crippen molar-refractivity contribution in [3.63, 3.8) is 0 Å². The van der Waals surface area contributed by atoms with Gasteiger partial charge in [0.25, 0.3) is 0 Å². The smallest absolute Gasteiger partial charge is 0.136 e. The highest BCUT2D eigenvalue weighted by atomic mass is 79.9. The van der Waals surface area contributed by atoms with Crippen molar-refractivity contribution in [2.24, 2.45) is 11.7 Å². The largest absolute Gasteiger partial charge is 0.492 e. The van der Waals surface area contributed by atoms with Gasteiger partial charge in [-0.25, -0.2) is 0 Å². The van der Waals surface area contributed by atoms with E-state index >= 15 is 0 Å². The number of nitrogens with two attached hydrogens (primary N) is 1. The summed E-state index contributed by atoms with van der Waals surface area (Å²) in [5, 5.41) is 0. The molecule has 0 radical (unpaired) electrons. The van der Waals surface area contributed by atoms with Gasteiger partial charge in [0.05, 0.1) is 11.1 Å². The van der Waals surface area contributed by atoms with Crippen LogP contribution in [0.1, 0.15) is 32.8 Å². The Balaban J connectivity index is 2.84. The molecule has 0 heterocycles. The van der Waals surface area contributed by atoms with Crippen LogP contribution in [0, 0.1) is 5.92 Å². The Hall–Kier alpha value is -0.540. The van der Waals surface area contributed by atoms with Crippen molar-refractivity contribution in [1.29, 1.82) is 0 Å². The van der Waals surface area contributed by atoms with Crippen LogP contribution in [0.5, 0.6) is 5.75 Å². The van der Waals surface area contributed by atoms with E-state index in [2.05, 4.69) is 42.8 Å². The quantitative estimate of drug-likeness (QED) is 0.868. The number of hydrogen-bond acceptors (Lipinski definition) is 2. The Bertz CT molecular complexity index is 352. The molecule has 0 aliphatic heterocycles. The Morgan fingerprint density at radius 2 is 2.06 bits per heavy atom. The molecule has 0 aliphatic carbocycles. The standard InChI is InChI=1S/C14H22BrNO/c1-4-12(16)8-11-6-5-7-13(15)14(11)17-9-10(2)3/h5-7,10,12H,4,8-9,16H2,1-3H3. The second-order valence-electron chi connectivity index (χ2n) is 4.81. The van der Waals surface area contributed by atoms with Crippen LogP contribution in [-0.2, 0) is 6.42 Å². The second-order valence-corrected chi connectivity index (χ2v) is 5.66. The van der Waals surface area contributed by atoms with Gasteiger partial charge in [-0.15, -0.1) is 0 Å². The second kappa shape index (κ2) is 7.02. The maximum Gasteiger partial charge on any atom is 0.136 e. The van der Waals surface area contributed by atoms with Crippen LogP contribution in [0.2, 0.25) is 0 Å². The lowest BCUT2D eigenvalue weighted by Crippen LogP contribution is -2.22. The lowest BCUT2D eigenvalue weighted by molar-refractivity contribution is 0.266. The molecule has 1 unspecified atom stereocenters. The van der Waals surface area contributed by atoms with E-state index in [1.165, 1.54) is 5.56 Å². The number of halogens is 1. The molecule has 0 spiro atoms. The zero-order valence-corrected chi connectivity index (χ0v) is 12.5. The Morgan fingerprint density at radius 3 is 2.65 bits per heavy atom. The normalized spacial score (nSPS) is 12.8. The SMILES string of the molecule is CCC(N)Cc1cccc(Br)c1OCC(C)C. The summed E-state index contributed by atoms with van der Waals surface area (Å²) >= 11 is 3.54. The monoisotopic (exact) mass is 299 g/mol. The maximum absolute atomic E-state index is 6.01. The van der Waals surface area contributed by atoms with Crippen LogP contribution in [0.3, 0.4) is 0 Å². The molecule has 0 saturated carbocycles. The molecular weight excluding hydrogens is 278 g/mol. The van der Waals surface area contributed by atoms with Crippen LogP contribution >= 0.6 is 15.9 Å². The minimum atomic E-state index is 0.200. The summed E-state index contributed by atoms with van der Waals surface area (Å²) in [6, 6.07) is 6.34. The molecule has 0 fully saturated rings. The number of rotatable bonds is 6. The molecule has 0 saturated heterocycles. The third kappa shape index (κ3) is 4.68. The van der Waals surface area contributed by atoms with Gasteiger partial charge in [-0.1, -0.05) is 32.9 Å². The summed E-state index contributed by atoms with van der Waals surface area (Å²) in [5.41, 5.74) is 7.20. The van der Waals surface area contributed by atoms with Crippen LogP contribution in [0.25, 0.3) is 0 Å².